The third kappa shape index (κ3) is 10.2. The van der Waals surface area contributed by atoms with Crippen LogP contribution in [0.25, 0.3) is 0 Å². The lowest BCUT2D eigenvalue weighted by molar-refractivity contribution is -0.121. The standard InChI is InChI=1S/C12H24BrNO/c1-9(2)5-6-12(15)14-8-11(13)7-10(3)4/h9-11H,5-8H2,1-4H3,(H,14,15). The van der Waals surface area contributed by atoms with Crippen LogP contribution in [-0.2, 0) is 4.79 Å². The predicted octanol–water partition coefficient (Wildman–Crippen LogP) is 3.35. The fourth-order valence-electron chi connectivity index (χ4n) is 1.33. The van der Waals surface area contributed by atoms with Crippen LogP contribution in [0.4, 0.5) is 0 Å². The maximum absolute atomic E-state index is 11.4. The van der Waals surface area contributed by atoms with E-state index < -0.39 is 0 Å². The molecule has 1 unspecified atom stereocenters. The largest absolute Gasteiger partial charge is 0.355 e. The molecule has 1 N–H and O–H groups in total. The monoisotopic (exact) mass is 277 g/mol. The molecular weight excluding hydrogens is 254 g/mol. The Kier molecular flexibility index (Phi) is 8.12. The van der Waals surface area contributed by atoms with E-state index in [1.165, 1.54) is 0 Å². The predicted molar refractivity (Wildman–Crippen MR) is 69.3 cm³/mol. The molecule has 0 saturated heterocycles. The van der Waals surface area contributed by atoms with E-state index in [-0.39, 0.29) is 5.91 Å². The topological polar surface area (TPSA) is 29.1 Å². The number of halogens is 1. The van der Waals surface area contributed by atoms with E-state index in [1.54, 1.807) is 0 Å². The molecule has 90 valence electrons. The number of rotatable bonds is 7. The molecule has 0 fully saturated rings. The van der Waals surface area contributed by atoms with Crippen molar-refractivity contribution in [3.8, 4) is 0 Å². The molecule has 1 atom stereocenters. The number of alkyl halides is 1. The Bertz CT molecular complexity index is 180. The van der Waals surface area contributed by atoms with E-state index in [0.29, 0.717) is 23.1 Å². The zero-order valence-electron chi connectivity index (χ0n) is 10.3. The first-order valence-electron chi connectivity index (χ1n) is 5.82. The molecule has 3 heteroatoms. The minimum absolute atomic E-state index is 0.178. The van der Waals surface area contributed by atoms with Crippen molar-refractivity contribution in [2.75, 3.05) is 6.54 Å². The molecule has 0 aliphatic rings. The van der Waals surface area contributed by atoms with E-state index in [2.05, 4.69) is 48.9 Å². The van der Waals surface area contributed by atoms with Gasteiger partial charge in [-0.05, 0) is 24.7 Å². The molecule has 1 amide bonds. The van der Waals surface area contributed by atoms with E-state index >= 15 is 0 Å². The Balaban J connectivity index is 3.53. The van der Waals surface area contributed by atoms with Crippen LogP contribution >= 0.6 is 15.9 Å². The molecule has 0 aromatic rings. The first kappa shape index (κ1) is 14.9. The summed E-state index contributed by atoms with van der Waals surface area (Å²) < 4.78 is 0. The molecule has 2 nitrogen and oxygen atoms in total. The summed E-state index contributed by atoms with van der Waals surface area (Å²) in [7, 11) is 0. The van der Waals surface area contributed by atoms with Crippen molar-refractivity contribution < 1.29 is 4.79 Å². The van der Waals surface area contributed by atoms with E-state index in [0.717, 1.165) is 19.4 Å². The fraction of sp³-hybridized carbons (Fsp3) is 0.917. The van der Waals surface area contributed by atoms with Gasteiger partial charge in [0.25, 0.3) is 0 Å². The van der Waals surface area contributed by atoms with Crippen LogP contribution in [0.3, 0.4) is 0 Å². The molecule has 0 spiro atoms. The highest BCUT2D eigenvalue weighted by Gasteiger charge is 2.09. The minimum Gasteiger partial charge on any atom is -0.355 e. The second-order valence-corrected chi connectivity index (χ2v) is 6.26. The van der Waals surface area contributed by atoms with Crippen molar-refractivity contribution in [3.05, 3.63) is 0 Å². The molecule has 0 rings (SSSR count). The van der Waals surface area contributed by atoms with Crippen LogP contribution in [0.2, 0.25) is 0 Å². The lowest BCUT2D eigenvalue weighted by Gasteiger charge is -2.13. The smallest absolute Gasteiger partial charge is 0.220 e. The summed E-state index contributed by atoms with van der Waals surface area (Å²) in [5.41, 5.74) is 0. The number of hydrogen-bond donors (Lipinski definition) is 1. The van der Waals surface area contributed by atoms with Crippen molar-refractivity contribution in [2.45, 2.75) is 51.8 Å². The van der Waals surface area contributed by atoms with Gasteiger partial charge < -0.3 is 5.32 Å². The molecule has 0 aromatic heterocycles. The van der Waals surface area contributed by atoms with Crippen molar-refractivity contribution >= 4 is 21.8 Å². The summed E-state index contributed by atoms with van der Waals surface area (Å²) in [4.78, 5) is 11.8. The average molecular weight is 278 g/mol. The first-order valence-corrected chi connectivity index (χ1v) is 6.74. The van der Waals surface area contributed by atoms with Gasteiger partial charge >= 0.3 is 0 Å². The highest BCUT2D eigenvalue weighted by atomic mass is 79.9. The van der Waals surface area contributed by atoms with Gasteiger partial charge in [0.05, 0.1) is 0 Å². The van der Waals surface area contributed by atoms with Crippen LogP contribution in [0.15, 0.2) is 0 Å². The quantitative estimate of drug-likeness (QED) is 0.711. The number of nitrogens with one attached hydrogen (secondary N) is 1. The van der Waals surface area contributed by atoms with Gasteiger partial charge in [0.15, 0.2) is 0 Å². The van der Waals surface area contributed by atoms with Gasteiger partial charge in [0, 0.05) is 17.8 Å². The Morgan fingerprint density at radius 1 is 1.20 bits per heavy atom. The van der Waals surface area contributed by atoms with E-state index in [9.17, 15) is 4.79 Å². The van der Waals surface area contributed by atoms with Gasteiger partial charge in [-0.3, -0.25) is 4.79 Å². The summed E-state index contributed by atoms with van der Waals surface area (Å²) in [5.74, 6) is 1.45. The number of carbonyl (C=O) groups excluding carboxylic acids is 1. The zero-order chi connectivity index (χ0) is 11.8. The highest BCUT2D eigenvalue weighted by molar-refractivity contribution is 9.09. The summed E-state index contributed by atoms with van der Waals surface area (Å²) in [6.07, 6.45) is 2.73. The molecule has 0 aliphatic carbocycles. The van der Waals surface area contributed by atoms with Gasteiger partial charge in [-0.25, -0.2) is 0 Å². The van der Waals surface area contributed by atoms with Crippen molar-refractivity contribution in [1.82, 2.24) is 5.32 Å². The lowest BCUT2D eigenvalue weighted by atomic mass is 10.1. The molecule has 0 heterocycles. The maximum atomic E-state index is 11.4. The van der Waals surface area contributed by atoms with Gasteiger partial charge in [0.1, 0.15) is 0 Å². The Morgan fingerprint density at radius 3 is 2.27 bits per heavy atom. The first-order chi connectivity index (χ1) is 6.91. The van der Waals surface area contributed by atoms with Crippen molar-refractivity contribution in [2.24, 2.45) is 11.8 Å². The molecule has 0 aliphatic heterocycles. The third-order valence-electron chi connectivity index (χ3n) is 2.20. The second kappa shape index (κ2) is 8.14. The van der Waals surface area contributed by atoms with Gasteiger partial charge in [-0.15, -0.1) is 0 Å². The number of hydrogen-bond acceptors (Lipinski definition) is 1. The fourth-order valence-corrected chi connectivity index (χ4v) is 2.24. The molecule has 0 radical (unpaired) electrons. The normalized spacial score (nSPS) is 13.3. The van der Waals surface area contributed by atoms with E-state index in [4.69, 9.17) is 0 Å². The van der Waals surface area contributed by atoms with Crippen LogP contribution < -0.4 is 5.32 Å². The van der Waals surface area contributed by atoms with Crippen molar-refractivity contribution in [3.63, 3.8) is 0 Å². The molecule has 0 bridgehead atoms. The van der Waals surface area contributed by atoms with Crippen LogP contribution in [0, 0.1) is 11.8 Å². The second-order valence-electron chi connectivity index (χ2n) is 4.96. The lowest BCUT2D eigenvalue weighted by Crippen LogP contribution is -2.30. The Morgan fingerprint density at radius 2 is 1.80 bits per heavy atom. The van der Waals surface area contributed by atoms with Gasteiger partial charge in [-0.2, -0.15) is 0 Å². The number of carbonyl (C=O) groups is 1. The van der Waals surface area contributed by atoms with Crippen LogP contribution in [-0.4, -0.2) is 17.3 Å². The van der Waals surface area contributed by atoms with E-state index in [1.807, 2.05) is 0 Å². The summed E-state index contributed by atoms with van der Waals surface area (Å²) in [6.45, 7) is 9.40. The molecule has 15 heavy (non-hydrogen) atoms. The summed E-state index contributed by atoms with van der Waals surface area (Å²) in [5, 5.41) is 2.96. The van der Waals surface area contributed by atoms with Crippen molar-refractivity contribution in [1.29, 1.82) is 0 Å². The van der Waals surface area contributed by atoms with Crippen LogP contribution in [0.1, 0.15) is 47.0 Å². The minimum atomic E-state index is 0.178. The summed E-state index contributed by atoms with van der Waals surface area (Å²) >= 11 is 3.57. The zero-order valence-corrected chi connectivity index (χ0v) is 11.9. The maximum Gasteiger partial charge on any atom is 0.220 e. The number of amides is 1. The molecular formula is C12H24BrNO. The molecule has 0 saturated carbocycles. The average Bonchev–Trinajstić information content (AvgIpc) is 2.10. The van der Waals surface area contributed by atoms with Crippen LogP contribution in [0.5, 0.6) is 0 Å². The highest BCUT2D eigenvalue weighted by Crippen LogP contribution is 2.11. The molecule has 0 aromatic carbocycles. The third-order valence-corrected chi connectivity index (χ3v) is 2.89. The van der Waals surface area contributed by atoms with Gasteiger partial charge in [-0.1, -0.05) is 43.6 Å². The Labute approximate surface area is 102 Å². The summed E-state index contributed by atoms with van der Waals surface area (Å²) in [6, 6.07) is 0. The SMILES string of the molecule is CC(C)CCC(=O)NCC(Br)CC(C)C. The van der Waals surface area contributed by atoms with Gasteiger partial charge in [0.2, 0.25) is 5.91 Å². The Hall–Kier alpha value is -0.0500.